The molecule has 2 amide bonds. The Balaban J connectivity index is 1.56. The Morgan fingerprint density at radius 3 is 2.35 bits per heavy atom. The summed E-state index contributed by atoms with van der Waals surface area (Å²) in [6.07, 6.45) is 1.40. The van der Waals surface area contributed by atoms with Crippen molar-refractivity contribution in [1.82, 2.24) is 10.7 Å². The number of nitrogens with zero attached hydrogens (tertiary/aromatic N) is 1. The molecule has 0 bridgehead atoms. The second kappa shape index (κ2) is 13.6. The van der Waals surface area contributed by atoms with Gasteiger partial charge in [-0.25, -0.2) is 10.2 Å². The maximum Gasteiger partial charge on any atom is 0.343 e. The summed E-state index contributed by atoms with van der Waals surface area (Å²) in [5.41, 5.74) is 3.63. The second-order valence-corrected chi connectivity index (χ2v) is 7.91. The van der Waals surface area contributed by atoms with E-state index in [2.05, 4.69) is 15.8 Å². The number of hydrazone groups is 1. The Labute approximate surface area is 219 Å². The molecule has 2 N–H and O–H groups in total. The molecule has 0 saturated carbocycles. The standard InChI is InChI=1S/C27H26ClN3O6/c1-3-35-22-11-9-19(10-12-22)27(34)37-23-13-8-18(14-24(23)36-4-2)16-30-31-25(32)17-29-26(33)20-6-5-7-21(28)15-20/h5-16H,3-4,17H2,1-2H3,(H,29,33)(H,31,32)/b30-16+. The Morgan fingerprint density at radius 1 is 0.892 bits per heavy atom. The maximum atomic E-state index is 12.6. The van der Waals surface area contributed by atoms with Gasteiger partial charge in [0.05, 0.1) is 31.5 Å². The monoisotopic (exact) mass is 523 g/mol. The molecule has 0 spiro atoms. The van der Waals surface area contributed by atoms with Crippen molar-refractivity contribution in [3.63, 3.8) is 0 Å². The van der Waals surface area contributed by atoms with Crippen molar-refractivity contribution in [3.05, 3.63) is 88.4 Å². The molecule has 0 aliphatic heterocycles. The van der Waals surface area contributed by atoms with Gasteiger partial charge in [-0.05, 0) is 80.1 Å². The third-order valence-electron chi connectivity index (χ3n) is 4.77. The molecule has 3 aromatic rings. The molecule has 10 heteroatoms. The van der Waals surface area contributed by atoms with Crippen LogP contribution in [0.15, 0.2) is 71.8 Å². The summed E-state index contributed by atoms with van der Waals surface area (Å²) < 4.78 is 16.5. The molecule has 0 aromatic heterocycles. The molecule has 3 rings (SSSR count). The van der Waals surface area contributed by atoms with Gasteiger partial charge in [-0.1, -0.05) is 17.7 Å². The van der Waals surface area contributed by atoms with Crippen LogP contribution in [0, 0.1) is 0 Å². The summed E-state index contributed by atoms with van der Waals surface area (Å²) in [6, 6.07) is 17.9. The fourth-order valence-electron chi connectivity index (χ4n) is 3.08. The van der Waals surface area contributed by atoms with E-state index in [1.807, 2.05) is 6.92 Å². The maximum absolute atomic E-state index is 12.6. The van der Waals surface area contributed by atoms with E-state index in [0.29, 0.717) is 46.4 Å². The van der Waals surface area contributed by atoms with Gasteiger partial charge in [-0.2, -0.15) is 5.10 Å². The van der Waals surface area contributed by atoms with Crippen molar-refractivity contribution in [2.45, 2.75) is 13.8 Å². The fraction of sp³-hybridized carbons (Fsp3) is 0.185. The van der Waals surface area contributed by atoms with Crippen molar-refractivity contribution in [3.8, 4) is 17.2 Å². The molecule has 37 heavy (non-hydrogen) atoms. The van der Waals surface area contributed by atoms with Gasteiger partial charge in [-0.3, -0.25) is 9.59 Å². The van der Waals surface area contributed by atoms with Crippen molar-refractivity contribution >= 4 is 35.6 Å². The molecule has 0 aliphatic carbocycles. The molecule has 3 aromatic carbocycles. The molecule has 0 heterocycles. The highest BCUT2D eigenvalue weighted by Gasteiger charge is 2.14. The fourth-order valence-corrected chi connectivity index (χ4v) is 3.27. The first-order valence-corrected chi connectivity index (χ1v) is 11.8. The number of esters is 1. The van der Waals surface area contributed by atoms with Gasteiger partial charge in [0.25, 0.3) is 11.8 Å². The van der Waals surface area contributed by atoms with Crippen molar-refractivity contribution < 1.29 is 28.6 Å². The Kier molecular flexibility index (Phi) is 10.0. The lowest BCUT2D eigenvalue weighted by molar-refractivity contribution is -0.120. The lowest BCUT2D eigenvalue weighted by Crippen LogP contribution is -2.34. The molecule has 0 atom stereocenters. The second-order valence-electron chi connectivity index (χ2n) is 7.47. The number of rotatable bonds is 11. The van der Waals surface area contributed by atoms with Crippen LogP contribution in [0.1, 0.15) is 40.1 Å². The highest BCUT2D eigenvalue weighted by Crippen LogP contribution is 2.29. The molecule has 0 aliphatic rings. The lowest BCUT2D eigenvalue weighted by Gasteiger charge is -2.11. The number of hydrogen-bond acceptors (Lipinski definition) is 7. The van der Waals surface area contributed by atoms with Crippen LogP contribution in [0.25, 0.3) is 0 Å². The van der Waals surface area contributed by atoms with E-state index < -0.39 is 17.8 Å². The van der Waals surface area contributed by atoms with Crippen LogP contribution < -0.4 is 25.0 Å². The van der Waals surface area contributed by atoms with Crippen LogP contribution in [-0.4, -0.2) is 43.8 Å². The van der Waals surface area contributed by atoms with E-state index >= 15 is 0 Å². The molecule has 0 fully saturated rings. The third kappa shape index (κ3) is 8.36. The van der Waals surface area contributed by atoms with Gasteiger partial charge < -0.3 is 19.5 Å². The van der Waals surface area contributed by atoms with Crippen LogP contribution in [0.5, 0.6) is 17.2 Å². The highest BCUT2D eigenvalue weighted by molar-refractivity contribution is 6.31. The van der Waals surface area contributed by atoms with Crippen LogP contribution in [0.3, 0.4) is 0 Å². The van der Waals surface area contributed by atoms with E-state index in [4.69, 9.17) is 25.8 Å². The smallest absolute Gasteiger partial charge is 0.343 e. The summed E-state index contributed by atoms with van der Waals surface area (Å²) >= 11 is 5.87. The Morgan fingerprint density at radius 2 is 1.65 bits per heavy atom. The first kappa shape index (κ1) is 27.2. The number of carbonyl (C=O) groups is 3. The highest BCUT2D eigenvalue weighted by atomic mass is 35.5. The SMILES string of the molecule is CCOc1ccc(C(=O)Oc2ccc(/C=N/NC(=O)CNC(=O)c3cccc(Cl)c3)cc2OCC)cc1. The molecular weight excluding hydrogens is 498 g/mol. The minimum atomic E-state index is -0.544. The number of hydrogen-bond donors (Lipinski definition) is 2. The lowest BCUT2D eigenvalue weighted by atomic mass is 10.2. The zero-order valence-corrected chi connectivity index (χ0v) is 21.1. The third-order valence-corrected chi connectivity index (χ3v) is 5.01. The molecular formula is C27H26ClN3O6. The number of halogens is 1. The van der Waals surface area contributed by atoms with Gasteiger partial charge in [-0.15, -0.1) is 0 Å². The topological polar surface area (TPSA) is 115 Å². The van der Waals surface area contributed by atoms with Crippen molar-refractivity contribution in [2.75, 3.05) is 19.8 Å². The summed E-state index contributed by atoms with van der Waals surface area (Å²) in [4.78, 5) is 36.7. The normalized spacial score (nSPS) is 10.6. The van der Waals surface area contributed by atoms with Gasteiger partial charge in [0.1, 0.15) is 5.75 Å². The van der Waals surface area contributed by atoms with Gasteiger partial charge in [0, 0.05) is 10.6 Å². The number of amides is 2. The molecule has 192 valence electrons. The summed E-state index contributed by atoms with van der Waals surface area (Å²) in [6.45, 7) is 4.28. The average Bonchev–Trinajstić information content (AvgIpc) is 2.89. The Bertz CT molecular complexity index is 1280. The number of ether oxygens (including phenoxy) is 3. The number of nitrogens with one attached hydrogen (secondary N) is 2. The molecule has 9 nitrogen and oxygen atoms in total. The summed E-state index contributed by atoms with van der Waals surface area (Å²) in [7, 11) is 0. The predicted octanol–water partition coefficient (Wildman–Crippen LogP) is 4.24. The van der Waals surface area contributed by atoms with Crippen LogP contribution in [0.2, 0.25) is 5.02 Å². The zero-order chi connectivity index (χ0) is 26.6. The van der Waals surface area contributed by atoms with Crippen LogP contribution in [-0.2, 0) is 4.79 Å². The van der Waals surface area contributed by atoms with Gasteiger partial charge in [0.15, 0.2) is 11.5 Å². The first-order chi connectivity index (χ1) is 17.9. The predicted molar refractivity (Wildman–Crippen MR) is 140 cm³/mol. The van der Waals surface area contributed by atoms with E-state index in [1.165, 1.54) is 12.3 Å². The summed E-state index contributed by atoms with van der Waals surface area (Å²) in [5.74, 6) is -0.252. The molecule has 0 saturated heterocycles. The minimum Gasteiger partial charge on any atom is -0.494 e. The average molecular weight is 524 g/mol. The molecule has 0 radical (unpaired) electrons. The summed E-state index contributed by atoms with van der Waals surface area (Å²) in [5, 5.41) is 6.81. The van der Waals surface area contributed by atoms with Crippen LogP contribution in [0.4, 0.5) is 0 Å². The number of benzene rings is 3. The Hall–Kier alpha value is -4.37. The van der Waals surface area contributed by atoms with E-state index in [0.717, 1.165) is 0 Å². The van der Waals surface area contributed by atoms with Crippen LogP contribution >= 0.6 is 11.6 Å². The van der Waals surface area contributed by atoms with Crippen molar-refractivity contribution in [2.24, 2.45) is 5.10 Å². The van der Waals surface area contributed by atoms with Gasteiger partial charge >= 0.3 is 5.97 Å². The van der Waals surface area contributed by atoms with E-state index in [-0.39, 0.29) is 12.3 Å². The van der Waals surface area contributed by atoms with E-state index in [1.54, 1.807) is 67.6 Å². The van der Waals surface area contributed by atoms with E-state index in [9.17, 15) is 14.4 Å². The van der Waals surface area contributed by atoms with Gasteiger partial charge in [0.2, 0.25) is 0 Å². The largest absolute Gasteiger partial charge is 0.494 e. The first-order valence-electron chi connectivity index (χ1n) is 11.5. The zero-order valence-electron chi connectivity index (χ0n) is 20.3. The van der Waals surface area contributed by atoms with Crippen molar-refractivity contribution in [1.29, 1.82) is 0 Å². The molecule has 0 unspecified atom stereocenters. The quantitative estimate of drug-likeness (QED) is 0.168. The minimum absolute atomic E-state index is 0.241. The number of carbonyl (C=O) groups excluding carboxylic acids is 3.